The van der Waals surface area contributed by atoms with Crippen molar-refractivity contribution in [3.63, 3.8) is 0 Å². The van der Waals surface area contributed by atoms with Gasteiger partial charge in [-0.2, -0.15) is 0 Å². The molecule has 1 unspecified atom stereocenters. The van der Waals surface area contributed by atoms with Crippen molar-refractivity contribution in [3.8, 4) is 23.0 Å². The number of hydrogen-bond acceptors (Lipinski definition) is 9. The minimum absolute atomic E-state index is 0.270. The summed E-state index contributed by atoms with van der Waals surface area (Å²) in [7, 11) is 4.86. The van der Waals surface area contributed by atoms with Gasteiger partial charge in [0.15, 0.2) is 11.5 Å². The largest absolute Gasteiger partial charge is 0.493 e. The van der Waals surface area contributed by atoms with E-state index in [9.17, 15) is 5.11 Å². The smallest absolute Gasteiger partial charge is 0.414 e. The number of ether oxygens (including phenoxy) is 4. The van der Waals surface area contributed by atoms with Crippen molar-refractivity contribution in [3.05, 3.63) is 40.4 Å². The first-order chi connectivity index (χ1) is 18.5. The Hall–Kier alpha value is -3.41. The lowest BCUT2D eigenvalue weighted by Gasteiger charge is -2.36. The van der Waals surface area contributed by atoms with Gasteiger partial charge in [0.1, 0.15) is 12.4 Å². The van der Waals surface area contributed by atoms with Crippen LogP contribution < -0.4 is 23.8 Å². The van der Waals surface area contributed by atoms with Gasteiger partial charge in [-0.1, -0.05) is 11.6 Å². The number of rotatable bonds is 10. The lowest BCUT2D eigenvalue weighted by Crippen LogP contribution is -2.47. The van der Waals surface area contributed by atoms with Gasteiger partial charge in [-0.05, 0) is 43.5 Å². The lowest BCUT2D eigenvalue weighted by molar-refractivity contribution is -0.159. The predicted molar refractivity (Wildman–Crippen MR) is 147 cm³/mol. The van der Waals surface area contributed by atoms with E-state index >= 15 is 0 Å². The Bertz CT molecular complexity index is 1060. The normalized spacial score (nSPS) is 14.1. The van der Waals surface area contributed by atoms with Gasteiger partial charge in [0.05, 0.1) is 27.4 Å². The number of halogens is 1. The quantitative estimate of drug-likeness (QED) is 0.364. The molecule has 0 amide bonds. The highest BCUT2D eigenvalue weighted by Gasteiger charge is 2.21. The van der Waals surface area contributed by atoms with Crippen LogP contribution >= 0.6 is 11.6 Å². The molecule has 0 bridgehead atoms. The van der Waals surface area contributed by atoms with Crippen LogP contribution in [0.1, 0.15) is 17.5 Å². The Morgan fingerprint density at radius 3 is 1.85 bits per heavy atom. The van der Waals surface area contributed by atoms with E-state index in [0.29, 0.717) is 23.7 Å². The maximum absolute atomic E-state index is 10.4. The molecule has 3 N–H and O–H groups in total. The number of methoxy groups -OCH3 is 3. The van der Waals surface area contributed by atoms with E-state index in [-0.39, 0.29) is 6.61 Å². The van der Waals surface area contributed by atoms with E-state index in [1.54, 1.807) is 21.3 Å². The van der Waals surface area contributed by atoms with Gasteiger partial charge in [-0.25, -0.2) is 9.59 Å². The average molecular weight is 569 g/mol. The van der Waals surface area contributed by atoms with Crippen LogP contribution in [0, 0.1) is 13.8 Å². The van der Waals surface area contributed by atoms with Gasteiger partial charge in [0.25, 0.3) is 0 Å². The molecule has 12 heteroatoms. The summed E-state index contributed by atoms with van der Waals surface area (Å²) in [6.45, 7) is 8.60. The minimum Gasteiger partial charge on any atom is -0.493 e. The highest BCUT2D eigenvalue weighted by Crippen LogP contribution is 2.41. The SMILES string of the molecule is COc1cc(N2CCN(CCC(O)COc3cc(C)c(Cl)c(C)c3)CC2)cc(OC)c1OC.O=C(O)C(=O)O. The van der Waals surface area contributed by atoms with E-state index in [0.717, 1.165) is 60.3 Å². The van der Waals surface area contributed by atoms with E-state index in [4.69, 9.17) is 50.4 Å². The zero-order valence-corrected chi connectivity index (χ0v) is 23.7. The molecule has 2 aromatic rings. The molecule has 39 heavy (non-hydrogen) atoms. The van der Waals surface area contributed by atoms with Gasteiger partial charge >= 0.3 is 11.9 Å². The number of benzene rings is 2. The number of carboxylic acids is 2. The van der Waals surface area contributed by atoms with Crippen molar-refractivity contribution >= 4 is 29.2 Å². The Kier molecular flexibility index (Phi) is 12.4. The molecule has 1 aliphatic rings. The molecule has 1 atom stereocenters. The third-order valence-electron chi connectivity index (χ3n) is 6.20. The monoisotopic (exact) mass is 568 g/mol. The summed E-state index contributed by atoms with van der Waals surface area (Å²) in [5.74, 6) is -0.994. The van der Waals surface area contributed by atoms with Crippen molar-refractivity contribution in [1.29, 1.82) is 0 Å². The molecular weight excluding hydrogens is 532 g/mol. The van der Waals surface area contributed by atoms with Crippen LogP contribution in [0.5, 0.6) is 23.0 Å². The van der Waals surface area contributed by atoms with Crippen LogP contribution in [-0.2, 0) is 9.59 Å². The minimum atomic E-state index is -1.82. The van der Waals surface area contributed by atoms with Crippen LogP contribution in [0.4, 0.5) is 5.69 Å². The van der Waals surface area contributed by atoms with Gasteiger partial charge in [0.2, 0.25) is 5.75 Å². The summed E-state index contributed by atoms with van der Waals surface area (Å²) in [6, 6.07) is 7.78. The van der Waals surface area contributed by atoms with Crippen LogP contribution in [0.15, 0.2) is 24.3 Å². The van der Waals surface area contributed by atoms with E-state index in [1.807, 2.05) is 38.1 Å². The van der Waals surface area contributed by atoms with Crippen LogP contribution in [0.2, 0.25) is 5.02 Å². The molecule has 0 spiro atoms. The number of anilines is 1. The fraction of sp³-hybridized carbons (Fsp3) is 0.481. The molecule has 2 aromatic carbocycles. The van der Waals surface area contributed by atoms with Crippen molar-refractivity contribution in [2.24, 2.45) is 0 Å². The number of piperazine rings is 1. The first-order valence-corrected chi connectivity index (χ1v) is 12.7. The average Bonchev–Trinajstić information content (AvgIpc) is 2.93. The molecule has 11 nitrogen and oxygen atoms in total. The van der Waals surface area contributed by atoms with E-state index in [2.05, 4.69) is 9.80 Å². The van der Waals surface area contributed by atoms with Crippen molar-refractivity contribution in [2.45, 2.75) is 26.4 Å². The van der Waals surface area contributed by atoms with Crippen LogP contribution in [0.25, 0.3) is 0 Å². The number of aliphatic carboxylic acids is 2. The second-order valence-corrected chi connectivity index (χ2v) is 9.33. The van der Waals surface area contributed by atoms with Crippen molar-refractivity contribution in [1.82, 2.24) is 4.90 Å². The molecule has 0 radical (unpaired) electrons. The maximum Gasteiger partial charge on any atom is 0.414 e. The molecular formula is C27H37ClN2O9. The van der Waals surface area contributed by atoms with Crippen LogP contribution in [-0.4, -0.2) is 98.9 Å². The second kappa shape index (κ2) is 15.2. The van der Waals surface area contributed by atoms with Crippen molar-refractivity contribution < 1.29 is 43.9 Å². The number of aliphatic hydroxyl groups is 1. The number of aryl methyl sites for hydroxylation is 2. The first kappa shape index (κ1) is 31.8. The number of nitrogens with zero attached hydrogens (tertiary/aromatic N) is 2. The Morgan fingerprint density at radius 1 is 0.897 bits per heavy atom. The summed E-state index contributed by atoms with van der Waals surface area (Å²) < 4.78 is 22.2. The Labute approximate surface area is 233 Å². The predicted octanol–water partition coefficient (Wildman–Crippen LogP) is 3.09. The second-order valence-electron chi connectivity index (χ2n) is 8.95. The highest BCUT2D eigenvalue weighted by atomic mass is 35.5. The standard InChI is InChI=1S/C25H35ClN2O5.C2H2O4/c1-17-12-21(13-18(2)24(17)26)33-16-20(29)6-7-27-8-10-28(11-9-27)19-14-22(30-3)25(32-5)23(15-19)31-4;3-1(4)2(5)6/h12-15,20,29H,6-11,16H2,1-5H3;(H,3,4)(H,5,6). The molecule has 0 aliphatic carbocycles. The Balaban J connectivity index is 0.000000798. The molecule has 1 saturated heterocycles. The van der Waals surface area contributed by atoms with Gasteiger partial charge in [-0.3, -0.25) is 4.90 Å². The van der Waals surface area contributed by atoms with E-state index in [1.165, 1.54) is 0 Å². The highest BCUT2D eigenvalue weighted by molar-refractivity contribution is 6.32. The molecule has 1 aliphatic heterocycles. The zero-order chi connectivity index (χ0) is 29.1. The zero-order valence-electron chi connectivity index (χ0n) is 22.9. The summed E-state index contributed by atoms with van der Waals surface area (Å²) >= 11 is 6.21. The molecule has 1 fully saturated rings. The third kappa shape index (κ3) is 9.38. The van der Waals surface area contributed by atoms with Gasteiger partial charge in [0, 0.05) is 55.6 Å². The number of carbonyl (C=O) groups is 2. The molecule has 0 saturated carbocycles. The topological polar surface area (TPSA) is 138 Å². The fourth-order valence-corrected chi connectivity index (χ4v) is 4.19. The molecule has 0 aromatic heterocycles. The van der Waals surface area contributed by atoms with Gasteiger partial charge in [-0.15, -0.1) is 0 Å². The molecule has 1 heterocycles. The summed E-state index contributed by atoms with van der Waals surface area (Å²) in [6.07, 6.45) is 0.143. The molecule has 3 rings (SSSR count). The number of carboxylic acid groups (broad SMARTS) is 2. The maximum atomic E-state index is 10.4. The number of aliphatic hydroxyl groups excluding tert-OH is 1. The summed E-state index contributed by atoms with van der Waals surface area (Å²) in [4.78, 5) is 22.9. The first-order valence-electron chi connectivity index (χ1n) is 12.3. The fourth-order valence-electron chi connectivity index (χ4n) is 4.08. The van der Waals surface area contributed by atoms with Crippen molar-refractivity contribution in [2.75, 3.05) is 65.6 Å². The summed E-state index contributed by atoms with van der Waals surface area (Å²) in [5.41, 5.74) is 3.00. The van der Waals surface area contributed by atoms with E-state index < -0.39 is 18.0 Å². The van der Waals surface area contributed by atoms with Gasteiger partial charge < -0.3 is 39.2 Å². The Morgan fingerprint density at radius 2 is 1.41 bits per heavy atom. The third-order valence-corrected chi connectivity index (χ3v) is 6.80. The lowest BCUT2D eigenvalue weighted by atomic mass is 10.1. The number of hydrogen-bond donors (Lipinski definition) is 3. The molecule has 216 valence electrons. The van der Waals surface area contributed by atoms with Crippen LogP contribution in [0.3, 0.4) is 0 Å². The summed E-state index contributed by atoms with van der Waals surface area (Å²) in [5, 5.41) is 25.9.